The first-order chi connectivity index (χ1) is 4.30. The molecule has 0 N–H and O–H groups in total. The zero-order valence-electron chi connectivity index (χ0n) is 5.79. The summed E-state index contributed by atoms with van der Waals surface area (Å²) in [6, 6.07) is 0. The minimum Gasteiger partial charge on any atom is -0.347 e. The van der Waals surface area contributed by atoms with E-state index in [1.54, 1.807) is 0 Å². The molecule has 1 fully saturated rings. The molecule has 1 unspecified atom stereocenters. The van der Waals surface area contributed by atoms with Crippen molar-refractivity contribution in [1.29, 1.82) is 0 Å². The molecule has 1 aliphatic heterocycles. The van der Waals surface area contributed by atoms with Crippen molar-refractivity contribution in [2.45, 2.75) is 20.1 Å². The summed E-state index contributed by atoms with van der Waals surface area (Å²) in [5.74, 6) is 0.366. The Morgan fingerprint density at radius 1 is 1.33 bits per heavy atom. The molecule has 9 heavy (non-hydrogen) atoms. The molecule has 0 bridgehead atoms. The Morgan fingerprint density at radius 3 is 2.44 bits per heavy atom. The smallest absolute Gasteiger partial charge is 0.193 e. The summed E-state index contributed by atoms with van der Waals surface area (Å²) in [5, 5.41) is 0. The lowest BCUT2D eigenvalue weighted by Gasteiger charge is -2.24. The quantitative estimate of drug-likeness (QED) is 0.497. The van der Waals surface area contributed by atoms with Crippen LogP contribution in [0.5, 0.6) is 0 Å². The summed E-state index contributed by atoms with van der Waals surface area (Å²) in [6.45, 7) is 5.24. The van der Waals surface area contributed by atoms with Crippen LogP contribution in [0.2, 0.25) is 0 Å². The van der Waals surface area contributed by atoms with Crippen molar-refractivity contribution in [1.82, 2.24) is 0 Å². The minimum atomic E-state index is -0.168. The molecule has 0 aromatic rings. The topological polar surface area (TPSA) is 27.7 Å². The second-order valence-electron chi connectivity index (χ2n) is 2.40. The fourth-order valence-electron chi connectivity index (χ4n) is 0.645. The molecule has 0 spiro atoms. The second-order valence-corrected chi connectivity index (χ2v) is 2.40. The summed E-state index contributed by atoms with van der Waals surface area (Å²) in [5.41, 5.74) is 0. The highest BCUT2D eigenvalue weighted by molar-refractivity contribution is 4.49. The molecule has 1 rings (SSSR count). The van der Waals surface area contributed by atoms with Crippen molar-refractivity contribution in [3.8, 4) is 0 Å². The van der Waals surface area contributed by atoms with E-state index in [9.17, 15) is 0 Å². The van der Waals surface area contributed by atoms with Gasteiger partial charge >= 0.3 is 0 Å². The molecule has 0 saturated carbocycles. The third kappa shape index (κ3) is 1.93. The van der Waals surface area contributed by atoms with Gasteiger partial charge in [-0.15, -0.1) is 0 Å². The highest BCUT2D eigenvalue weighted by Gasteiger charge is 2.18. The Balaban J connectivity index is 2.23. The maximum absolute atomic E-state index is 5.19. The lowest BCUT2D eigenvalue weighted by molar-refractivity contribution is -0.424. The van der Waals surface area contributed by atoms with Gasteiger partial charge < -0.3 is 4.74 Å². The van der Waals surface area contributed by atoms with Crippen molar-refractivity contribution in [3.63, 3.8) is 0 Å². The van der Waals surface area contributed by atoms with Gasteiger partial charge in [-0.05, 0) is 0 Å². The molecule has 0 aliphatic carbocycles. The Morgan fingerprint density at radius 2 is 2.11 bits per heavy atom. The molecule has 1 aliphatic rings. The number of rotatable bonds is 1. The minimum absolute atomic E-state index is 0.168. The van der Waals surface area contributed by atoms with E-state index >= 15 is 0 Å². The molecule has 1 atom stereocenters. The predicted octanol–water partition coefficient (Wildman–Crippen LogP) is 0.947. The first kappa shape index (κ1) is 6.99. The molecule has 0 radical (unpaired) electrons. The van der Waals surface area contributed by atoms with Crippen LogP contribution in [0.15, 0.2) is 0 Å². The molecule has 3 nitrogen and oxygen atoms in total. The standard InChI is InChI=1S/C6H12O3/c1-5(2)6-7-3-4-8-9-6/h5-6H,3-4H2,1-2H3. The molecule has 0 aromatic heterocycles. The predicted molar refractivity (Wildman–Crippen MR) is 31.6 cm³/mol. The van der Waals surface area contributed by atoms with Gasteiger partial charge in [0.2, 0.25) is 0 Å². The average Bonchev–Trinajstić information content (AvgIpc) is 1.90. The number of ether oxygens (including phenoxy) is 1. The molecular formula is C6H12O3. The monoisotopic (exact) mass is 132 g/mol. The number of hydrogen-bond donors (Lipinski definition) is 0. The fraction of sp³-hybridized carbons (Fsp3) is 1.00. The molecule has 1 heterocycles. The van der Waals surface area contributed by atoms with E-state index in [2.05, 4.69) is 0 Å². The second kappa shape index (κ2) is 3.15. The highest BCUT2D eigenvalue weighted by atomic mass is 17.2. The molecule has 54 valence electrons. The van der Waals surface area contributed by atoms with Crippen molar-refractivity contribution in [3.05, 3.63) is 0 Å². The molecular weight excluding hydrogens is 120 g/mol. The van der Waals surface area contributed by atoms with Gasteiger partial charge in [0.25, 0.3) is 0 Å². The van der Waals surface area contributed by atoms with E-state index in [1.165, 1.54) is 0 Å². The van der Waals surface area contributed by atoms with Crippen LogP contribution in [0, 0.1) is 5.92 Å². The molecule has 3 heteroatoms. The van der Waals surface area contributed by atoms with Gasteiger partial charge in [0.15, 0.2) is 6.29 Å². The van der Waals surface area contributed by atoms with Crippen molar-refractivity contribution < 1.29 is 14.5 Å². The van der Waals surface area contributed by atoms with Crippen LogP contribution in [0.1, 0.15) is 13.8 Å². The highest BCUT2D eigenvalue weighted by Crippen LogP contribution is 2.11. The van der Waals surface area contributed by atoms with E-state index in [1.807, 2.05) is 13.8 Å². The fourth-order valence-corrected chi connectivity index (χ4v) is 0.645. The van der Waals surface area contributed by atoms with Gasteiger partial charge in [-0.2, -0.15) is 0 Å². The largest absolute Gasteiger partial charge is 0.347 e. The Labute approximate surface area is 54.8 Å². The zero-order valence-corrected chi connectivity index (χ0v) is 5.79. The Bertz CT molecular complexity index is 76.4. The zero-order chi connectivity index (χ0) is 6.69. The van der Waals surface area contributed by atoms with E-state index in [0.29, 0.717) is 19.1 Å². The summed E-state index contributed by atoms with van der Waals surface area (Å²) < 4.78 is 5.19. The van der Waals surface area contributed by atoms with E-state index < -0.39 is 0 Å². The van der Waals surface area contributed by atoms with Gasteiger partial charge in [0, 0.05) is 5.92 Å². The van der Waals surface area contributed by atoms with E-state index in [-0.39, 0.29) is 6.29 Å². The maximum atomic E-state index is 5.19. The number of hydrogen-bond acceptors (Lipinski definition) is 3. The average molecular weight is 132 g/mol. The van der Waals surface area contributed by atoms with Crippen molar-refractivity contribution >= 4 is 0 Å². The van der Waals surface area contributed by atoms with E-state index in [0.717, 1.165) is 0 Å². The molecule has 0 amide bonds. The van der Waals surface area contributed by atoms with Crippen LogP contribution in [0.4, 0.5) is 0 Å². The SMILES string of the molecule is CC(C)C1OCCOO1. The summed E-state index contributed by atoms with van der Waals surface area (Å²) in [7, 11) is 0. The van der Waals surface area contributed by atoms with Gasteiger partial charge in [0.1, 0.15) is 6.61 Å². The van der Waals surface area contributed by atoms with Crippen molar-refractivity contribution in [2.24, 2.45) is 5.92 Å². The normalized spacial score (nSPS) is 29.0. The summed E-state index contributed by atoms with van der Waals surface area (Å²) in [6.07, 6.45) is -0.168. The van der Waals surface area contributed by atoms with Crippen LogP contribution in [-0.4, -0.2) is 19.5 Å². The van der Waals surface area contributed by atoms with Crippen LogP contribution < -0.4 is 0 Å². The van der Waals surface area contributed by atoms with Gasteiger partial charge in [-0.25, -0.2) is 9.78 Å². The van der Waals surface area contributed by atoms with Gasteiger partial charge in [-0.1, -0.05) is 13.8 Å². The molecule has 1 saturated heterocycles. The lowest BCUT2D eigenvalue weighted by atomic mass is 10.2. The Hall–Kier alpha value is -0.120. The van der Waals surface area contributed by atoms with E-state index in [4.69, 9.17) is 14.5 Å². The molecule has 0 aromatic carbocycles. The lowest BCUT2D eigenvalue weighted by Crippen LogP contribution is -2.30. The first-order valence-electron chi connectivity index (χ1n) is 3.20. The third-order valence-corrected chi connectivity index (χ3v) is 1.16. The first-order valence-corrected chi connectivity index (χ1v) is 3.20. The van der Waals surface area contributed by atoms with Crippen molar-refractivity contribution in [2.75, 3.05) is 13.2 Å². The summed E-state index contributed by atoms with van der Waals surface area (Å²) >= 11 is 0. The maximum Gasteiger partial charge on any atom is 0.193 e. The van der Waals surface area contributed by atoms with Crippen LogP contribution >= 0.6 is 0 Å². The summed E-state index contributed by atoms with van der Waals surface area (Å²) in [4.78, 5) is 9.54. The van der Waals surface area contributed by atoms with Crippen LogP contribution in [0.3, 0.4) is 0 Å². The third-order valence-electron chi connectivity index (χ3n) is 1.16. The van der Waals surface area contributed by atoms with Gasteiger partial charge in [-0.3, -0.25) is 0 Å². The van der Waals surface area contributed by atoms with Gasteiger partial charge in [0.05, 0.1) is 6.61 Å². The Kier molecular flexibility index (Phi) is 2.45. The van der Waals surface area contributed by atoms with Crippen LogP contribution in [-0.2, 0) is 14.5 Å². The van der Waals surface area contributed by atoms with Crippen LogP contribution in [0.25, 0.3) is 0 Å².